The number of ketones is 1. The van der Waals surface area contributed by atoms with Crippen molar-refractivity contribution < 1.29 is 22.0 Å². The number of aliphatic imine (C=N–C) groups is 1. The highest BCUT2D eigenvalue weighted by Gasteiger charge is 2.36. The number of sulfonamides is 1. The third-order valence-corrected chi connectivity index (χ3v) is 7.03. The van der Waals surface area contributed by atoms with E-state index in [4.69, 9.17) is 0 Å². The van der Waals surface area contributed by atoms with Crippen molar-refractivity contribution in [1.29, 1.82) is 0 Å². The van der Waals surface area contributed by atoms with Crippen LogP contribution in [0.1, 0.15) is 23.2 Å². The normalized spacial score (nSPS) is 19.3. The SMILES string of the molecule is Cn1cc(S(=O)(=O)Nc2ccc(F)c(C(=O)C3=CNC4N=CNC(NCC5CC5)=C34)c2F)cn1. The molecule has 0 amide bonds. The lowest BCUT2D eigenvalue weighted by Crippen LogP contribution is -2.37. The van der Waals surface area contributed by atoms with E-state index in [0.717, 1.165) is 31.2 Å². The predicted octanol–water partition coefficient (Wildman–Crippen LogP) is 1.34. The van der Waals surface area contributed by atoms with Crippen LogP contribution >= 0.6 is 0 Å². The molecule has 0 radical (unpaired) electrons. The van der Waals surface area contributed by atoms with Crippen LogP contribution in [-0.2, 0) is 17.1 Å². The third kappa shape index (κ3) is 4.02. The quantitative estimate of drug-likeness (QED) is 0.412. The van der Waals surface area contributed by atoms with Crippen molar-refractivity contribution in [3.63, 3.8) is 0 Å². The summed E-state index contributed by atoms with van der Waals surface area (Å²) in [6.07, 6.45) is 6.80. The highest BCUT2D eigenvalue weighted by Crippen LogP contribution is 2.33. The number of halogens is 2. The van der Waals surface area contributed by atoms with Crippen molar-refractivity contribution in [2.45, 2.75) is 23.9 Å². The van der Waals surface area contributed by atoms with Crippen molar-refractivity contribution in [3.05, 3.63) is 64.9 Å². The van der Waals surface area contributed by atoms with E-state index >= 15 is 4.39 Å². The van der Waals surface area contributed by atoms with Gasteiger partial charge in [-0.25, -0.2) is 22.2 Å². The summed E-state index contributed by atoms with van der Waals surface area (Å²) in [5.41, 5.74) is -0.966. The number of carbonyl (C=O) groups is 1. The summed E-state index contributed by atoms with van der Waals surface area (Å²) in [5, 5.41) is 12.9. The highest BCUT2D eigenvalue weighted by molar-refractivity contribution is 7.92. The van der Waals surface area contributed by atoms with Gasteiger partial charge in [-0.05, 0) is 30.9 Å². The molecule has 1 aromatic carbocycles. The van der Waals surface area contributed by atoms with Gasteiger partial charge >= 0.3 is 0 Å². The molecule has 1 unspecified atom stereocenters. The lowest BCUT2D eigenvalue weighted by atomic mass is 9.96. The van der Waals surface area contributed by atoms with Gasteiger partial charge in [-0.3, -0.25) is 14.2 Å². The minimum absolute atomic E-state index is 0.0257. The summed E-state index contributed by atoms with van der Waals surface area (Å²) in [6.45, 7) is 0.697. The van der Waals surface area contributed by atoms with Crippen LogP contribution < -0.4 is 20.7 Å². The van der Waals surface area contributed by atoms with Gasteiger partial charge in [0.05, 0.1) is 23.8 Å². The number of benzene rings is 1. The van der Waals surface area contributed by atoms with Gasteiger partial charge in [0, 0.05) is 37.1 Å². The number of nitrogens with one attached hydrogen (secondary N) is 4. The van der Waals surface area contributed by atoms with Gasteiger partial charge in [-0.2, -0.15) is 5.10 Å². The van der Waals surface area contributed by atoms with Crippen molar-refractivity contribution in [3.8, 4) is 0 Å². The molecule has 0 spiro atoms. The molecule has 0 bridgehead atoms. The second-order valence-corrected chi connectivity index (χ2v) is 9.91. The van der Waals surface area contributed by atoms with Crippen molar-refractivity contribution in [2.24, 2.45) is 18.0 Å². The number of anilines is 1. The maximum Gasteiger partial charge on any atom is 0.265 e. The molecule has 1 aromatic heterocycles. The zero-order chi connectivity index (χ0) is 24.0. The summed E-state index contributed by atoms with van der Waals surface area (Å²) < 4.78 is 58.5. The van der Waals surface area contributed by atoms with E-state index in [-0.39, 0.29) is 10.5 Å². The van der Waals surface area contributed by atoms with Gasteiger partial charge < -0.3 is 16.0 Å². The average molecular weight is 490 g/mol. The zero-order valence-corrected chi connectivity index (χ0v) is 18.8. The van der Waals surface area contributed by atoms with E-state index in [9.17, 15) is 17.6 Å². The number of rotatable bonds is 8. The lowest BCUT2D eigenvalue weighted by Gasteiger charge is -2.22. The van der Waals surface area contributed by atoms with E-state index < -0.39 is 44.9 Å². The smallest absolute Gasteiger partial charge is 0.265 e. The van der Waals surface area contributed by atoms with Crippen LogP contribution in [0.5, 0.6) is 0 Å². The van der Waals surface area contributed by atoms with Gasteiger partial charge in [0.1, 0.15) is 22.7 Å². The second-order valence-electron chi connectivity index (χ2n) is 8.23. The lowest BCUT2D eigenvalue weighted by molar-refractivity contribution is 0.102. The number of aryl methyl sites for hydroxylation is 1. The molecule has 0 saturated heterocycles. The number of fused-ring (bicyclic) bond motifs is 1. The standard InChI is InChI=1S/C21H21F2N7O3S/c1-30-9-12(7-28-30)34(32,33)29-15-5-4-14(22)17(18(15)23)19(31)13-8-25-21-16(13)20(26-10-27-21)24-6-11-2-3-11/h4-5,7-11,21,24-25,29H,2-3,6H2,1H3,(H,26,27). The first-order valence-corrected chi connectivity index (χ1v) is 12.0. The number of aromatic nitrogens is 2. The molecule has 3 aliphatic rings. The van der Waals surface area contributed by atoms with E-state index in [1.165, 1.54) is 30.5 Å². The van der Waals surface area contributed by atoms with Gasteiger partial charge in [-0.1, -0.05) is 0 Å². The summed E-state index contributed by atoms with van der Waals surface area (Å²) >= 11 is 0. The van der Waals surface area contributed by atoms with Gasteiger partial charge in [0.2, 0.25) is 5.78 Å². The van der Waals surface area contributed by atoms with Crippen LogP contribution in [0.4, 0.5) is 14.5 Å². The topological polar surface area (TPSA) is 130 Å². The first kappa shape index (κ1) is 22.1. The molecule has 1 fully saturated rings. The monoisotopic (exact) mass is 489 g/mol. The Bertz CT molecular complexity index is 1380. The minimum Gasteiger partial charge on any atom is -0.371 e. The Hall–Kier alpha value is -3.74. The molecule has 5 rings (SSSR count). The molecule has 1 aliphatic carbocycles. The first-order chi connectivity index (χ1) is 16.2. The molecule has 10 nitrogen and oxygen atoms in total. The molecule has 4 N–H and O–H groups in total. The van der Waals surface area contributed by atoms with E-state index in [2.05, 4.69) is 30.8 Å². The molecular formula is C21H21F2N7O3S. The maximum atomic E-state index is 15.3. The Morgan fingerprint density at radius 1 is 1.29 bits per heavy atom. The number of Topliss-reactive ketones (excluding diaryl/α,β-unsaturated/α-hetero) is 1. The molecular weight excluding hydrogens is 468 g/mol. The van der Waals surface area contributed by atoms with Crippen molar-refractivity contribution in [2.75, 3.05) is 11.3 Å². The fourth-order valence-electron chi connectivity index (χ4n) is 3.73. The molecule has 2 aliphatic heterocycles. The van der Waals surface area contributed by atoms with Crippen LogP contribution in [0, 0.1) is 17.6 Å². The number of carbonyl (C=O) groups excluding carboxylic acids is 1. The fourth-order valence-corrected chi connectivity index (χ4v) is 4.77. The summed E-state index contributed by atoms with van der Waals surface area (Å²) in [7, 11) is -2.68. The second kappa shape index (κ2) is 8.24. The molecule has 3 heterocycles. The average Bonchev–Trinajstić information content (AvgIpc) is 3.34. The zero-order valence-electron chi connectivity index (χ0n) is 18.0. The molecule has 13 heteroatoms. The summed E-state index contributed by atoms with van der Waals surface area (Å²) in [5.74, 6) is -2.29. The Balaban J connectivity index is 1.47. The van der Waals surface area contributed by atoms with Gasteiger partial charge in [-0.15, -0.1) is 0 Å². The molecule has 1 saturated carbocycles. The number of nitrogens with zero attached hydrogens (tertiary/aromatic N) is 3. The van der Waals surface area contributed by atoms with Gasteiger partial charge in [0.25, 0.3) is 10.0 Å². The van der Waals surface area contributed by atoms with E-state index in [0.29, 0.717) is 23.9 Å². The summed E-state index contributed by atoms with van der Waals surface area (Å²) in [4.78, 5) is 17.3. The number of hydrogen-bond acceptors (Lipinski definition) is 8. The Morgan fingerprint density at radius 3 is 2.79 bits per heavy atom. The Kier molecular flexibility index (Phi) is 5.35. The third-order valence-electron chi connectivity index (χ3n) is 5.71. The highest BCUT2D eigenvalue weighted by atomic mass is 32.2. The minimum atomic E-state index is -4.21. The van der Waals surface area contributed by atoms with Crippen LogP contribution in [0.15, 0.2) is 57.6 Å². The maximum absolute atomic E-state index is 15.3. The predicted molar refractivity (Wildman–Crippen MR) is 119 cm³/mol. The molecule has 178 valence electrons. The molecule has 34 heavy (non-hydrogen) atoms. The summed E-state index contributed by atoms with van der Waals surface area (Å²) in [6, 6.07) is 1.77. The van der Waals surface area contributed by atoms with E-state index in [1.54, 1.807) is 0 Å². The van der Waals surface area contributed by atoms with E-state index in [1.807, 2.05) is 0 Å². The van der Waals surface area contributed by atoms with Gasteiger partial charge in [0.15, 0.2) is 5.82 Å². The van der Waals surface area contributed by atoms with Crippen LogP contribution in [-0.4, -0.2) is 43.0 Å². The molecule has 2 aromatic rings. The fraction of sp³-hybridized carbons (Fsp3) is 0.286. The van der Waals surface area contributed by atoms with Crippen LogP contribution in [0.25, 0.3) is 0 Å². The first-order valence-electron chi connectivity index (χ1n) is 10.5. The number of hydrogen-bond donors (Lipinski definition) is 4. The largest absolute Gasteiger partial charge is 0.371 e. The van der Waals surface area contributed by atoms with Crippen LogP contribution in [0.2, 0.25) is 0 Å². The Morgan fingerprint density at radius 2 is 2.09 bits per heavy atom. The van der Waals surface area contributed by atoms with Crippen molar-refractivity contribution >= 4 is 27.8 Å². The molecule has 1 atom stereocenters. The van der Waals surface area contributed by atoms with Crippen molar-refractivity contribution in [1.82, 2.24) is 25.7 Å². The van der Waals surface area contributed by atoms with Crippen LogP contribution in [0.3, 0.4) is 0 Å². The Labute approximate surface area is 193 Å².